The van der Waals surface area contributed by atoms with Gasteiger partial charge < -0.3 is 9.80 Å². The van der Waals surface area contributed by atoms with Crippen molar-refractivity contribution in [2.24, 2.45) is 5.11 Å². The molecule has 21 heavy (non-hydrogen) atoms. The fourth-order valence-corrected chi connectivity index (χ4v) is 2.58. The number of carbonyl (C=O) groups is 1. The maximum Gasteiger partial charge on any atom is 0.233 e. The first kappa shape index (κ1) is 15.5. The summed E-state index contributed by atoms with van der Waals surface area (Å²) in [4.78, 5) is 17.2. The third-order valence-electron chi connectivity index (χ3n) is 3.22. The fraction of sp³-hybridized carbons (Fsp3) is 0.417. The Morgan fingerprint density at radius 2 is 1.86 bits per heavy atom. The lowest BCUT2D eigenvalue weighted by atomic mass is 10.2. The number of piperazine rings is 1. The Kier molecular flexibility index (Phi) is 4.98. The Morgan fingerprint density at radius 3 is 2.33 bits per heavy atom. The van der Waals surface area contributed by atoms with Gasteiger partial charge in [-0.2, -0.15) is 0 Å². The maximum absolute atomic E-state index is 14.0. The predicted octanol–water partition coefficient (Wildman–Crippen LogP) is 2.95. The first-order valence-corrected chi connectivity index (χ1v) is 7.31. The second-order valence-electron chi connectivity index (χ2n) is 4.45. The number of hydrogen-bond donors (Lipinski definition) is 0. The quantitative estimate of drug-likeness (QED) is 0.360. The van der Waals surface area contributed by atoms with Crippen LogP contribution in [0, 0.1) is 11.6 Å². The average Bonchev–Trinajstić information content (AvgIpc) is 2.47. The molecule has 112 valence electrons. The molecule has 0 radical (unpaired) electrons. The van der Waals surface area contributed by atoms with Crippen LogP contribution in [0.15, 0.2) is 17.2 Å². The molecule has 1 aliphatic heterocycles. The van der Waals surface area contributed by atoms with Crippen LogP contribution >= 0.6 is 15.9 Å². The van der Waals surface area contributed by atoms with E-state index in [9.17, 15) is 13.6 Å². The number of halogens is 3. The fourth-order valence-electron chi connectivity index (χ4n) is 2.23. The topological polar surface area (TPSA) is 72.3 Å². The molecule has 1 fully saturated rings. The van der Waals surface area contributed by atoms with Gasteiger partial charge in [-0.3, -0.25) is 4.79 Å². The summed E-state index contributed by atoms with van der Waals surface area (Å²) in [5, 5.41) is 3.42. The van der Waals surface area contributed by atoms with Crippen molar-refractivity contribution >= 4 is 33.2 Å². The SMILES string of the molecule is [N-]=[N+]=Nc1cc(F)c(N2CCN(C(=O)CBr)CC2)c(F)c1. The van der Waals surface area contributed by atoms with Crippen molar-refractivity contribution in [1.82, 2.24) is 4.90 Å². The molecular formula is C12H12BrF2N5O. The van der Waals surface area contributed by atoms with Gasteiger partial charge in [0.1, 0.15) is 17.3 Å². The van der Waals surface area contributed by atoms with Crippen LogP contribution in [0.4, 0.5) is 20.2 Å². The lowest BCUT2D eigenvalue weighted by Crippen LogP contribution is -2.49. The van der Waals surface area contributed by atoms with Gasteiger partial charge in [-0.15, -0.1) is 0 Å². The number of carbonyl (C=O) groups excluding carboxylic acids is 1. The smallest absolute Gasteiger partial charge is 0.233 e. The first-order valence-electron chi connectivity index (χ1n) is 6.19. The minimum atomic E-state index is -0.780. The van der Waals surface area contributed by atoms with E-state index in [2.05, 4.69) is 26.0 Å². The predicted molar refractivity (Wildman–Crippen MR) is 77.8 cm³/mol. The standard InChI is InChI=1S/C12H12BrF2N5O/c13-7-11(21)19-1-3-20(4-2-19)12-9(14)5-8(17-18-16)6-10(12)15/h5-6H,1-4,7H2. The lowest BCUT2D eigenvalue weighted by Gasteiger charge is -2.36. The molecule has 1 aromatic carbocycles. The summed E-state index contributed by atoms with van der Waals surface area (Å²) in [7, 11) is 0. The summed E-state index contributed by atoms with van der Waals surface area (Å²) in [5.74, 6) is -1.61. The monoisotopic (exact) mass is 359 g/mol. The van der Waals surface area contributed by atoms with E-state index in [-0.39, 0.29) is 22.6 Å². The van der Waals surface area contributed by atoms with E-state index in [1.54, 1.807) is 9.80 Å². The van der Waals surface area contributed by atoms with Crippen LogP contribution in [0.25, 0.3) is 10.4 Å². The highest BCUT2D eigenvalue weighted by molar-refractivity contribution is 9.09. The van der Waals surface area contributed by atoms with Gasteiger partial charge in [-0.1, -0.05) is 21.0 Å². The normalized spacial score (nSPS) is 14.8. The van der Waals surface area contributed by atoms with Gasteiger partial charge in [0.15, 0.2) is 0 Å². The largest absolute Gasteiger partial charge is 0.363 e. The number of rotatable bonds is 3. The van der Waals surface area contributed by atoms with E-state index in [0.29, 0.717) is 26.2 Å². The highest BCUT2D eigenvalue weighted by Gasteiger charge is 2.24. The van der Waals surface area contributed by atoms with Gasteiger partial charge in [0.2, 0.25) is 5.91 Å². The number of hydrogen-bond acceptors (Lipinski definition) is 3. The highest BCUT2D eigenvalue weighted by Crippen LogP contribution is 2.29. The van der Waals surface area contributed by atoms with E-state index >= 15 is 0 Å². The molecule has 0 aliphatic carbocycles. The molecule has 0 spiro atoms. The molecule has 1 saturated heterocycles. The van der Waals surface area contributed by atoms with E-state index in [1.807, 2.05) is 0 Å². The van der Waals surface area contributed by atoms with Crippen LogP contribution in [-0.2, 0) is 4.79 Å². The molecule has 0 bridgehead atoms. The van der Waals surface area contributed by atoms with Crippen LogP contribution in [0.1, 0.15) is 0 Å². The summed E-state index contributed by atoms with van der Waals surface area (Å²) in [6.45, 7) is 1.49. The number of amides is 1. The van der Waals surface area contributed by atoms with Gasteiger partial charge in [0.05, 0.1) is 5.33 Å². The van der Waals surface area contributed by atoms with Crippen molar-refractivity contribution in [2.75, 3.05) is 36.4 Å². The molecule has 1 aromatic rings. The van der Waals surface area contributed by atoms with Crippen LogP contribution in [0.2, 0.25) is 0 Å². The van der Waals surface area contributed by atoms with Gasteiger partial charge >= 0.3 is 0 Å². The van der Waals surface area contributed by atoms with Gasteiger partial charge in [0, 0.05) is 36.8 Å². The molecule has 2 rings (SSSR count). The van der Waals surface area contributed by atoms with Crippen molar-refractivity contribution < 1.29 is 13.6 Å². The third-order valence-corrected chi connectivity index (χ3v) is 3.70. The van der Waals surface area contributed by atoms with Gasteiger partial charge in [-0.05, 0) is 17.7 Å². The Bertz CT molecular complexity index is 574. The molecule has 6 nitrogen and oxygen atoms in total. The second-order valence-corrected chi connectivity index (χ2v) is 5.01. The second kappa shape index (κ2) is 6.73. The van der Waals surface area contributed by atoms with Crippen LogP contribution in [-0.4, -0.2) is 42.3 Å². The Labute approximate surface area is 128 Å². The van der Waals surface area contributed by atoms with Crippen molar-refractivity contribution in [2.45, 2.75) is 0 Å². The molecular weight excluding hydrogens is 348 g/mol. The summed E-state index contributed by atoms with van der Waals surface area (Å²) < 4.78 is 28.0. The van der Waals surface area contributed by atoms with Crippen LogP contribution in [0.3, 0.4) is 0 Å². The number of alkyl halides is 1. The molecule has 0 unspecified atom stereocenters. The molecule has 1 aliphatic rings. The lowest BCUT2D eigenvalue weighted by molar-refractivity contribution is -0.128. The number of benzene rings is 1. The first-order chi connectivity index (χ1) is 10.1. The average molecular weight is 360 g/mol. The maximum atomic E-state index is 14.0. The zero-order chi connectivity index (χ0) is 15.4. The van der Waals surface area contributed by atoms with Crippen molar-refractivity contribution in [3.63, 3.8) is 0 Å². The van der Waals surface area contributed by atoms with Crippen LogP contribution < -0.4 is 4.90 Å². The molecule has 0 N–H and O–H groups in total. The molecule has 0 atom stereocenters. The Morgan fingerprint density at radius 1 is 1.29 bits per heavy atom. The van der Waals surface area contributed by atoms with Gasteiger partial charge in [-0.25, -0.2) is 8.78 Å². The van der Waals surface area contributed by atoms with Gasteiger partial charge in [0.25, 0.3) is 0 Å². The minimum absolute atomic E-state index is 0.0469. The van der Waals surface area contributed by atoms with E-state index in [4.69, 9.17) is 5.53 Å². The molecule has 9 heteroatoms. The number of anilines is 1. The highest BCUT2D eigenvalue weighted by atomic mass is 79.9. The van der Waals surface area contributed by atoms with Crippen molar-refractivity contribution in [3.05, 3.63) is 34.2 Å². The Balaban J connectivity index is 2.17. The third kappa shape index (κ3) is 3.43. The number of nitrogens with zero attached hydrogens (tertiary/aromatic N) is 5. The van der Waals surface area contributed by atoms with E-state index in [0.717, 1.165) is 12.1 Å². The molecule has 1 amide bonds. The van der Waals surface area contributed by atoms with E-state index in [1.165, 1.54) is 0 Å². The summed E-state index contributed by atoms with van der Waals surface area (Å²) in [5.41, 5.74) is 8.02. The van der Waals surface area contributed by atoms with Crippen molar-refractivity contribution in [3.8, 4) is 0 Å². The minimum Gasteiger partial charge on any atom is -0.363 e. The van der Waals surface area contributed by atoms with Crippen molar-refractivity contribution in [1.29, 1.82) is 0 Å². The Hall–Kier alpha value is -1.86. The summed E-state index contributed by atoms with van der Waals surface area (Å²) >= 11 is 3.09. The molecule has 0 saturated carbocycles. The zero-order valence-corrected chi connectivity index (χ0v) is 12.6. The molecule has 0 aromatic heterocycles. The van der Waals surface area contributed by atoms with Crippen LogP contribution in [0.5, 0.6) is 0 Å². The zero-order valence-electron chi connectivity index (χ0n) is 11.0. The van der Waals surface area contributed by atoms with E-state index < -0.39 is 11.6 Å². The number of azide groups is 1. The summed E-state index contributed by atoms with van der Waals surface area (Å²) in [6.07, 6.45) is 0. The molecule has 1 heterocycles. The summed E-state index contributed by atoms with van der Waals surface area (Å²) in [6, 6.07) is 1.99.